The number of nitrogens with two attached hydrogens (primary N) is 1. The first-order chi connectivity index (χ1) is 13.4. The van der Waals surface area contributed by atoms with E-state index in [9.17, 15) is 19.2 Å². The van der Waals surface area contributed by atoms with Crippen molar-refractivity contribution in [2.45, 2.75) is 38.8 Å². The summed E-state index contributed by atoms with van der Waals surface area (Å²) in [6, 6.07) is -1.12. The van der Waals surface area contributed by atoms with E-state index in [0.29, 0.717) is 5.57 Å². The molecule has 0 fully saturated rings. The Labute approximate surface area is 168 Å². The molecular formula is C19H27N5O5. The largest absolute Gasteiger partial charge is 0.444 e. The summed E-state index contributed by atoms with van der Waals surface area (Å²) in [5.41, 5.74) is 3.71. The molecule has 2 amide bonds. The van der Waals surface area contributed by atoms with Crippen molar-refractivity contribution < 1.29 is 14.3 Å². The number of carbonyl (C=O) groups excluding carboxylic acids is 2. The third kappa shape index (κ3) is 6.83. The highest BCUT2D eigenvalue weighted by atomic mass is 16.6. The first kappa shape index (κ1) is 23.5. The molecule has 1 unspecified atom stereocenters. The monoisotopic (exact) mass is 405 g/mol. The van der Waals surface area contributed by atoms with Crippen LogP contribution < -0.4 is 27.6 Å². The molecule has 0 saturated carbocycles. The van der Waals surface area contributed by atoms with Crippen molar-refractivity contribution in [1.29, 1.82) is 0 Å². The topological polar surface area (TPSA) is 148 Å². The number of nitrogens with zero attached hydrogens (tertiary/aromatic N) is 1. The molecule has 1 heterocycles. The van der Waals surface area contributed by atoms with E-state index in [4.69, 9.17) is 10.5 Å². The summed E-state index contributed by atoms with van der Waals surface area (Å²) >= 11 is 0. The first-order valence-corrected chi connectivity index (χ1v) is 8.72. The van der Waals surface area contributed by atoms with Gasteiger partial charge in [-0.3, -0.25) is 19.1 Å². The van der Waals surface area contributed by atoms with Gasteiger partial charge in [-0.05, 0) is 26.3 Å². The number of anilines is 2. The predicted octanol–water partition coefficient (Wildman–Crippen LogP) is 1.18. The molecule has 5 N–H and O–H groups in total. The van der Waals surface area contributed by atoms with Crippen LogP contribution in [0, 0.1) is 0 Å². The minimum atomic E-state index is -1.12. The van der Waals surface area contributed by atoms with Crippen molar-refractivity contribution in [2.75, 3.05) is 11.1 Å². The second-order valence-corrected chi connectivity index (χ2v) is 7.15. The lowest BCUT2D eigenvalue weighted by Gasteiger charge is -2.23. The summed E-state index contributed by atoms with van der Waals surface area (Å²) in [5.74, 6) is -0.961. The molecule has 0 saturated heterocycles. The highest BCUT2D eigenvalue weighted by Gasteiger charge is 2.26. The van der Waals surface area contributed by atoms with Crippen LogP contribution in [0.3, 0.4) is 0 Å². The third-order valence-corrected chi connectivity index (χ3v) is 3.66. The molecule has 0 aromatic carbocycles. The van der Waals surface area contributed by atoms with Crippen molar-refractivity contribution in [3.63, 3.8) is 0 Å². The molecule has 0 aliphatic rings. The summed E-state index contributed by atoms with van der Waals surface area (Å²) in [5, 5.41) is 4.83. The normalized spacial score (nSPS) is 12.6. The van der Waals surface area contributed by atoms with E-state index in [1.807, 2.05) is 4.98 Å². The maximum atomic E-state index is 12.8. The van der Waals surface area contributed by atoms with Gasteiger partial charge in [0, 0.05) is 13.5 Å². The van der Waals surface area contributed by atoms with Crippen LogP contribution in [0.4, 0.5) is 16.3 Å². The Balaban J connectivity index is 3.21. The number of amides is 2. The second kappa shape index (κ2) is 9.58. The van der Waals surface area contributed by atoms with Crippen LogP contribution in [0.15, 0.2) is 46.5 Å². The molecule has 1 aromatic heterocycles. The fraction of sp³-hybridized carbons (Fsp3) is 0.368. The molecule has 10 nitrogen and oxygen atoms in total. The Morgan fingerprint density at radius 2 is 1.93 bits per heavy atom. The molecule has 29 heavy (non-hydrogen) atoms. The number of allylic oxidation sites excluding steroid dienone is 3. The molecule has 158 valence electrons. The molecule has 1 rings (SSSR count). The third-order valence-electron chi connectivity index (χ3n) is 3.66. The zero-order valence-corrected chi connectivity index (χ0v) is 17.0. The highest BCUT2D eigenvalue weighted by molar-refractivity contribution is 5.98. The Bertz CT molecular complexity index is 949. The molecule has 0 radical (unpaired) electrons. The Morgan fingerprint density at radius 3 is 2.45 bits per heavy atom. The average molecular weight is 405 g/mol. The van der Waals surface area contributed by atoms with E-state index in [0.717, 1.165) is 4.57 Å². The van der Waals surface area contributed by atoms with E-state index in [1.165, 1.54) is 19.2 Å². The predicted molar refractivity (Wildman–Crippen MR) is 112 cm³/mol. The van der Waals surface area contributed by atoms with Gasteiger partial charge in [0.2, 0.25) is 5.91 Å². The van der Waals surface area contributed by atoms with Crippen molar-refractivity contribution in [1.82, 2.24) is 14.9 Å². The minimum Gasteiger partial charge on any atom is -0.444 e. The standard InChI is InChI=1S/C19H27N5O5/c1-7-9-11(8-2)10-12(21-18(28)29-19(3,4)5)15(25)22-13-14(20)24(6)17(27)23-16(13)26/h7-9,12H,1-2,10,20H2,3-6H3,(H,21,28)(H,22,25)(H,23,26,27)/b11-9+. The van der Waals surface area contributed by atoms with E-state index >= 15 is 0 Å². The fourth-order valence-electron chi connectivity index (χ4n) is 2.23. The number of alkyl carbamates (subject to hydrolysis) is 1. The van der Waals surface area contributed by atoms with E-state index < -0.39 is 34.9 Å². The number of hydrogen-bond donors (Lipinski definition) is 4. The van der Waals surface area contributed by atoms with Gasteiger partial charge in [-0.1, -0.05) is 31.4 Å². The maximum absolute atomic E-state index is 12.8. The van der Waals surface area contributed by atoms with E-state index in [2.05, 4.69) is 23.8 Å². The summed E-state index contributed by atoms with van der Waals surface area (Å²) in [4.78, 5) is 50.6. The Morgan fingerprint density at radius 1 is 1.31 bits per heavy atom. The number of hydrogen-bond acceptors (Lipinski definition) is 6. The zero-order chi connectivity index (χ0) is 22.4. The lowest BCUT2D eigenvalue weighted by molar-refractivity contribution is -0.118. The van der Waals surface area contributed by atoms with Crippen molar-refractivity contribution >= 4 is 23.5 Å². The molecule has 10 heteroatoms. The van der Waals surface area contributed by atoms with Gasteiger partial charge in [0.1, 0.15) is 23.1 Å². The number of aromatic amines is 1. The molecule has 0 aliphatic heterocycles. The number of carbonyl (C=O) groups is 2. The lowest BCUT2D eigenvalue weighted by atomic mass is 10.0. The molecule has 1 aromatic rings. The van der Waals surface area contributed by atoms with Crippen molar-refractivity contribution in [2.24, 2.45) is 7.05 Å². The van der Waals surface area contributed by atoms with Crippen LogP contribution in [-0.4, -0.2) is 33.2 Å². The van der Waals surface area contributed by atoms with E-state index in [1.54, 1.807) is 26.8 Å². The molecular weight excluding hydrogens is 378 g/mol. The number of rotatable bonds is 7. The van der Waals surface area contributed by atoms with Gasteiger partial charge in [-0.25, -0.2) is 9.59 Å². The Hall–Kier alpha value is -3.56. The smallest absolute Gasteiger partial charge is 0.408 e. The molecule has 0 aliphatic carbocycles. The summed E-state index contributed by atoms with van der Waals surface area (Å²) in [6.45, 7) is 12.3. The van der Waals surface area contributed by atoms with Crippen LogP contribution in [-0.2, 0) is 16.6 Å². The average Bonchev–Trinajstić information content (AvgIpc) is 2.60. The van der Waals surface area contributed by atoms with Crippen LogP contribution in [0.25, 0.3) is 0 Å². The summed E-state index contributed by atoms with van der Waals surface area (Å²) < 4.78 is 6.16. The number of nitrogens with one attached hydrogen (secondary N) is 3. The van der Waals surface area contributed by atoms with Gasteiger partial charge >= 0.3 is 11.8 Å². The molecule has 1 atom stereocenters. The number of ether oxygens (including phenoxy) is 1. The Kier molecular flexibility index (Phi) is 7.76. The summed E-state index contributed by atoms with van der Waals surface area (Å²) in [7, 11) is 1.34. The lowest BCUT2D eigenvalue weighted by Crippen LogP contribution is -2.47. The van der Waals surface area contributed by atoms with Gasteiger partial charge in [0.25, 0.3) is 5.56 Å². The molecule has 0 bridgehead atoms. The van der Waals surface area contributed by atoms with Gasteiger partial charge < -0.3 is 21.1 Å². The quantitative estimate of drug-likeness (QED) is 0.501. The molecule has 0 spiro atoms. The SMILES string of the molecule is C=C/C=C(\C=C)CC(NC(=O)OC(C)(C)C)C(=O)Nc1c(N)n(C)c(=O)[nH]c1=O. The van der Waals surface area contributed by atoms with Crippen molar-refractivity contribution in [3.05, 3.63) is 57.8 Å². The maximum Gasteiger partial charge on any atom is 0.408 e. The van der Waals surface area contributed by atoms with Crippen LogP contribution >= 0.6 is 0 Å². The number of aromatic nitrogens is 2. The second-order valence-electron chi connectivity index (χ2n) is 7.15. The van der Waals surface area contributed by atoms with Gasteiger partial charge in [0.15, 0.2) is 0 Å². The fourth-order valence-corrected chi connectivity index (χ4v) is 2.23. The van der Waals surface area contributed by atoms with Gasteiger partial charge in [-0.15, -0.1) is 0 Å². The van der Waals surface area contributed by atoms with Crippen LogP contribution in [0.2, 0.25) is 0 Å². The summed E-state index contributed by atoms with van der Waals surface area (Å²) in [6.07, 6.45) is 3.87. The highest BCUT2D eigenvalue weighted by Crippen LogP contribution is 2.14. The number of H-pyrrole nitrogens is 1. The van der Waals surface area contributed by atoms with E-state index in [-0.39, 0.29) is 17.9 Å². The first-order valence-electron chi connectivity index (χ1n) is 8.72. The zero-order valence-electron chi connectivity index (χ0n) is 17.0. The van der Waals surface area contributed by atoms with Crippen LogP contribution in [0.1, 0.15) is 27.2 Å². The number of nitrogen functional groups attached to an aromatic ring is 1. The van der Waals surface area contributed by atoms with Gasteiger partial charge in [-0.2, -0.15) is 0 Å². The van der Waals surface area contributed by atoms with Crippen LogP contribution in [0.5, 0.6) is 0 Å². The minimum absolute atomic E-state index is 0.0458. The van der Waals surface area contributed by atoms with Crippen molar-refractivity contribution in [3.8, 4) is 0 Å². The van der Waals surface area contributed by atoms with Gasteiger partial charge in [0.05, 0.1) is 0 Å².